The largest absolute Gasteiger partial charge is 0.379 e. The van der Waals surface area contributed by atoms with E-state index in [1.165, 1.54) is 12.4 Å². The van der Waals surface area contributed by atoms with Gasteiger partial charge in [0, 0.05) is 99.9 Å². The number of carbonyl (C=O) groups is 5. The normalized spacial score (nSPS) is 16.1. The Morgan fingerprint density at radius 3 is 2.42 bits per heavy atom. The van der Waals surface area contributed by atoms with Gasteiger partial charge in [-0.1, -0.05) is 24.0 Å². The third-order valence-corrected chi connectivity index (χ3v) is 11.9. The van der Waals surface area contributed by atoms with Gasteiger partial charge < -0.3 is 45.9 Å². The number of urea groups is 1. The smallest absolute Gasteiger partial charge is 0.317 e. The second kappa shape index (κ2) is 25.4. The summed E-state index contributed by atoms with van der Waals surface area (Å²) >= 11 is 0. The van der Waals surface area contributed by atoms with Gasteiger partial charge in [-0.25, -0.2) is 9.78 Å². The highest BCUT2D eigenvalue weighted by atomic mass is 16.5. The van der Waals surface area contributed by atoms with Gasteiger partial charge in [0.25, 0.3) is 0 Å². The van der Waals surface area contributed by atoms with Crippen LogP contribution < -0.4 is 31.5 Å². The number of nitrogens with zero attached hydrogens (tertiary/aromatic N) is 7. The molecule has 2 aromatic heterocycles. The minimum Gasteiger partial charge on any atom is -0.379 e. The number of nitriles is 1. The van der Waals surface area contributed by atoms with Crippen molar-refractivity contribution in [1.82, 2.24) is 40.7 Å². The monoisotopic (exact) mass is 910 g/mol. The topological polar surface area (TPSA) is 227 Å². The number of aromatic nitrogens is 3. The average molecular weight is 911 g/mol. The summed E-state index contributed by atoms with van der Waals surface area (Å²) < 4.78 is 5.85. The number of hydrogen-bond donors (Lipinski definition) is 5. The molecule has 350 valence electrons. The number of hydrogen-bond acceptors (Lipinski definition) is 15. The quantitative estimate of drug-likeness (QED) is 0.0439. The maximum atomic E-state index is 13.2. The molecule has 3 heterocycles. The summed E-state index contributed by atoms with van der Waals surface area (Å²) in [6, 6.07) is 18.7. The Hall–Kier alpha value is -7.25. The van der Waals surface area contributed by atoms with E-state index in [0.29, 0.717) is 82.4 Å². The lowest BCUT2D eigenvalue weighted by Crippen LogP contribution is -2.54. The van der Waals surface area contributed by atoms with E-state index in [2.05, 4.69) is 64.3 Å². The minimum atomic E-state index is -0.516. The van der Waals surface area contributed by atoms with Crippen molar-refractivity contribution in [3.05, 3.63) is 94.9 Å². The Morgan fingerprint density at radius 2 is 1.70 bits per heavy atom. The van der Waals surface area contributed by atoms with Gasteiger partial charge in [0.05, 0.1) is 31.1 Å². The molecule has 1 aliphatic heterocycles. The number of anilines is 5. The first-order valence-electron chi connectivity index (χ1n) is 22.6. The molecule has 0 spiro atoms. The molecular weight excluding hydrogens is 853 g/mol. The van der Waals surface area contributed by atoms with Gasteiger partial charge in [-0.15, -0.1) is 0 Å². The van der Waals surface area contributed by atoms with Gasteiger partial charge in [-0.2, -0.15) is 10.2 Å². The highest BCUT2D eigenvalue weighted by Gasteiger charge is 2.27. The van der Waals surface area contributed by atoms with E-state index in [9.17, 15) is 29.2 Å². The zero-order chi connectivity index (χ0) is 47.4. The maximum Gasteiger partial charge on any atom is 0.317 e. The predicted molar refractivity (Wildman–Crippen MR) is 255 cm³/mol. The Labute approximate surface area is 391 Å². The summed E-state index contributed by atoms with van der Waals surface area (Å²) in [6.07, 6.45) is 10.1. The van der Waals surface area contributed by atoms with Gasteiger partial charge in [-0.3, -0.25) is 24.3 Å². The van der Waals surface area contributed by atoms with E-state index in [-0.39, 0.29) is 47.4 Å². The molecule has 1 saturated carbocycles. The van der Waals surface area contributed by atoms with E-state index < -0.39 is 6.04 Å². The number of carbonyl (C=O) groups excluding carboxylic acids is 5. The fourth-order valence-corrected chi connectivity index (χ4v) is 8.15. The molecule has 3 amide bonds. The van der Waals surface area contributed by atoms with Gasteiger partial charge in [0.15, 0.2) is 12.1 Å². The number of likely N-dealkylation sites (N-methyl/N-ethyl adjacent to an activating group) is 2. The molecule has 1 aliphatic carbocycles. The summed E-state index contributed by atoms with van der Waals surface area (Å²) in [5.74, 6) is 6.68. The number of ether oxygens (including phenoxy) is 1. The van der Waals surface area contributed by atoms with Crippen LogP contribution in [0.1, 0.15) is 82.5 Å². The van der Waals surface area contributed by atoms with E-state index in [0.717, 1.165) is 67.3 Å². The first-order valence-corrected chi connectivity index (χ1v) is 22.6. The lowest BCUT2D eigenvalue weighted by atomic mass is 9.91. The molecule has 0 radical (unpaired) electrons. The predicted octanol–water partition coefficient (Wildman–Crippen LogP) is 4.57. The zero-order valence-electron chi connectivity index (χ0n) is 38.0. The Balaban J connectivity index is 0.857. The van der Waals surface area contributed by atoms with Gasteiger partial charge in [0.2, 0.25) is 11.9 Å². The number of nitrogens with one attached hydrogen (secondary N) is 5. The summed E-state index contributed by atoms with van der Waals surface area (Å²) in [4.78, 5) is 78.8. The molecule has 67 heavy (non-hydrogen) atoms. The molecule has 0 bridgehead atoms. The third-order valence-electron chi connectivity index (χ3n) is 11.9. The van der Waals surface area contributed by atoms with Crippen LogP contribution in [0.4, 0.5) is 33.6 Å². The third kappa shape index (κ3) is 14.1. The SMILES string of the molecule is CNC(=O)C(CCC=O)N(C)Cc1c(C#CCCOCCNC2CCC(NC(=O)N3CCN(c4ccc(Nc5ncc(C#N)c(Nc6cccnc6C=O)n5)cc4)CC3)CC2)cccc1C=O. The molecule has 2 fully saturated rings. The first kappa shape index (κ1) is 49.2. The molecule has 4 aromatic rings. The van der Waals surface area contributed by atoms with Crippen LogP contribution in [0.25, 0.3) is 0 Å². The van der Waals surface area contributed by atoms with Crippen LogP contribution in [0.3, 0.4) is 0 Å². The highest BCUT2D eigenvalue weighted by molar-refractivity contribution is 5.84. The average Bonchev–Trinajstić information content (AvgIpc) is 3.36. The van der Waals surface area contributed by atoms with E-state index >= 15 is 0 Å². The van der Waals surface area contributed by atoms with E-state index in [4.69, 9.17) is 4.74 Å². The van der Waals surface area contributed by atoms with Gasteiger partial charge >= 0.3 is 6.03 Å². The number of pyridine rings is 1. The van der Waals surface area contributed by atoms with Crippen LogP contribution in [0.2, 0.25) is 0 Å². The van der Waals surface area contributed by atoms with Crippen LogP contribution in [0.5, 0.6) is 0 Å². The van der Waals surface area contributed by atoms with E-state index in [1.54, 1.807) is 38.4 Å². The molecule has 1 atom stereocenters. The molecule has 2 aromatic carbocycles. The van der Waals surface area contributed by atoms with Crippen LogP contribution in [0, 0.1) is 23.2 Å². The van der Waals surface area contributed by atoms with Crippen molar-refractivity contribution in [1.29, 1.82) is 5.26 Å². The number of aldehydes is 3. The second-order valence-electron chi connectivity index (χ2n) is 16.3. The number of rotatable bonds is 21. The molecule has 18 heteroatoms. The molecule has 18 nitrogen and oxygen atoms in total. The zero-order valence-corrected chi connectivity index (χ0v) is 38.0. The van der Waals surface area contributed by atoms with Crippen molar-refractivity contribution < 1.29 is 28.7 Å². The van der Waals surface area contributed by atoms with Crippen molar-refractivity contribution in [3.63, 3.8) is 0 Å². The number of benzene rings is 2. The Bertz CT molecular complexity index is 2420. The second-order valence-corrected chi connectivity index (χ2v) is 16.3. The fraction of sp³-hybridized carbons (Fsp3) is 0.408. The van der Waals surface area contributed by atoms with Crippen LogP contribution in [0.15, 0.2) is 67.0 Å². The lowest BCUT2D eigenvalue weighted by molar-refractivity contribution is -0.126. The number of amides is 3. The van der Waals surface area contributed by atoms with Crippen LogP contribution in [-0.4, -0.2) is 134 Å². The Kier molecular flexibility index (Phi) is 18.7. The Morgan fingerprint density at radius 1 is 0.925 bits per heavy atom. The molecule has 5 N–H and O–H groups in total. The molecule has 2 aliphatic rings. The van der Waals surface area contributed by atoms with Crippen LogP contribution >= 0.6 is 0 Å². The van der Waals surface area contributed by atoms with Gasteiger partial charge in [0.1, 0.15) is 29.9 Å². The molecule has 6 rings (SSSR count). The maximum absolute atomic E-state index is 13.2. The summed E-state index contributed by atoms with van der Waals surface area (Å²) in [7, 11) is 3.36. The lowest BCUT2D eigenvalue weighted by Gasteiger charge is -2.37. The van der Waals surface area contributed by atoms with Crippen molar-refractivity contribution in [3.8, 4) is 17.9 Å². The molecular formula is C49H58N12O6. The van der Waals surface area contributed by atoms with E-state index in [1.807, 2.05) is 40.1 Å². The summed E-state index contributed by atoms with van der Waals surface area (Å²) in [6.45, 7) is 4.70. The van der Waals surface area contributed by atoms with Crippen LogP contribution in [-0.2, 0) is 20.9 Å². The first-order chi connectivity index (χ1) is 32.7. The standard InChI is InChI=1S/C49H58N12O6/c1-51-47(65)45(12-7-27-62)59(2)32-42-35(9-5-10-36(42)33-63)8-3-4-28-67-29-22-52-38-13-15-40(16-14-38)56-49(66)61-25-23-60(24-26-61)41-19-17-39(18-20-41)55-48-54-31-37(30-50)46(58-48)57-43-11-6-21-53-44(43)34-64/h5-6,9-11,17-21,27,31,33-34,38,40,45,52H,4,7,12-16,22-26,28-29,32H2,1-2H3,(H,51,65)(H,56,66)(H2,54,55,57,58). The molecule has 1 unspecified atom stereocenters. The van der Waals surface area contributed by atoms with Crippen molar-refractivity contribution in [2.24, 2.45) is 0 Å². The van der Waals surface area contributed by atoms with Crippen molar-refractivity contribution in [2.45, 2.75) is 69.6 Å². The minimum absolute atomic E-state index is 0.0185. The highest BCUT2D eigenvalue weighted by Crippen LogP contribution is 2.25. The van der Waals surface area contributed by atoms with Gasteiger partial charge in [-0.05, 0) is 87.2 Å². The van der Waals surface area contributed by atoms with Crippen molar-refractivity contribution >= 4 is 59.6 Å². The molecule has 1 saturated heterocycles. The summed E-state index contributed by atoms with van der Waals surface area (Å²) in [5, 5.41) is 25.3. The van der Waals surface area contributed by atoms with Crippen molar-refractivity contribution in [2.75, 3.05) is 75.6 Å². The summed E-state index contributed by atoms with van der Waals surface area (Å²) in [5.41, 5.74) is 4.60. The number of piperazine rings is 1. The fourth-order valence-electron chi connectivity index (χ4n) is 8.15.